The van der Waals surface area contributed by atoms with E-state index >= 15 is 0 Å². The minimum Gasteiger partial charge on any atom is -0.433 e. The first-order chi connectivity index (χ1) is 7.23. The van der Waals surface area contributed by atoms with E-state index in [-0.39, 0.29) is 4.47 Å². The van der Waals surface area contributed by atoms with Crippen molar-refractivity contribution in [3.63, 3.8) is 0 Å². The minimum absolute atomic E-state index is 0.0353. The molecule has 0 unspecified atom stereocenters. The molecule has 0 fully saturated rings. The summed E-state index contributed by atoms with van der Waals surface area (Å²) in [5.41, 5.74) is 0. The molecule has 0 aliphatic rings. The molecule has 0 saturated carbocycles. The monoisotopic (exact) mass is 379 g/mol. The molecule has 1 aromatic rings. The standard InChI is InChI=1S/C7H5Br2F2NO3S/c8-3-1-2-4(15-7(10)11)6(5(3)9)16(12,13)14/h1-2,7H,(H2,12,13,14). The van der Waals surface area contributed by atoms with Crippen LogP contribution >= 0.6 is 31.9 Å². The van der Waals surface area contributed by atoms with Gasteiger partial charge in [0.1, 0.15) is 10.6 Å². The SMILES string of the molecule is NS(=O)(=O)c1c(OC(F)F)ccc(Br)c1Br. The molecular formula is C7H5Br2F2NO3S. The van der Waals surface area contributed by atoms with Crippen LogP contribution < -0.4 is 9.88 Å². The fraction of sp³-hybridized carbons (Fsp3) is 0.143. The number of benzene rings is 1. The summed E-state index contributed by atoms with van der Waals surface area (Å²) in [5, 5.41) is 4.90. The topological polar surface area (TPSA) is 69.4 Å². The number of rotatable bonds is 3. The van der Waals surface area contributed by atoms with Gasteiger partial charge in [0.05, 0.1) is 4.47 Å². The second kappa shape index (κ2) is 4.94. The second-order valence-electron chi connectivity index (χ2n) is 2.61. The Kier molecular flexibility index (Phi) is 4.27. The zero-order chi connectivity index (χ0) is 12.5. The fourth-order valence-corrected chi connectivity index (χ4v) is 3.19. The van der Waals surface area contributed by atoms with Crippen LogP contribution in [0.5, 0.6) is 5.75 Å². The van der Waals surface area contributed by atoms with Crippen LogP contribution in [-0.2, 0) is 10.0 Å². The van der Waals surface area contributed by atoms with Gasteiger partial charge in [0, 0.05) is 4.47 Å². The first kappa shape index (κ1) is 13.8. The van der Waals surface area contributed by atoms with E-state index in [1.807, 2.05) is 0 Å². The highest BCUT2D eigenvalue weighted by atomic mass is 79.9. The molecule has 0 heterocycles. The lowest BCUT2D eigenvalue weighted by Crippen LogP contribution is -2.16. The number of ether oxygens (including phenoxy) is 1. The maximum Gasteiger partial charge on any atom is 0.387 e. The van der Waals surface area contributed by atoms with Gasteiger partial charge >= 0.3 is 6.61 Å². The number of sulfonamides is 1. The Bertz CT molecular complexity index is 507. The predicted octanol–water partition coefficient (Wildman–Crippen LogP) is 2.46. The highest BCUT2D eigenvalue weighted by molar-refractivity contribution is 9.13. The largest absolute Gasteiger partial charge is 0.433 e. The van der Waals surface area contributed by atoms with Gasteiger partial charge in [-0.3, -0.25) is 0 Å². The van der Waals surface area contributed by atoms with Crippen molar-refractivity contribution in [2.45, 2.75) is 11.5 Å². The molecule has 90 valence electrons. The van der Waals surface area contributed by atoms with Crippen LogP contribution in [0.1, 0.15) is 0 Å². The van der Waals surface area contributed by atoms with Crippen LogP contribution in [-0.4, -0.2) is 15.0 Å². The van der Waals surface area contributed by atoms with Crippen molar-refractivity contribution in [1.82, 2.24) is 0 Å². The molecule has 0 atom stereocenters. The van der Waals surface area contributed by atoms with Crippen molar-refractivity contribution in [2.75, 3.05) is 0 Å². The van der Waals surface area contributed by atoms with E-state index in [0.717, 1.165) is 6.07 Å². The number of halogens is 4. The molecule has 0 bridgehead atoms. The smallest absolute Gasteiger partial charge is 0.387 e. The van der Waals surface area contributed by atoms with E-state index < -0.39 is 27.3 Å². The second-order valence-corrected chi connectivity index (χ2v) is 5.76. The van der Waals surface area contributed by atoms with Gasteiger partial charge in [-0.2, -0.15) is 8.78 Å². The summed E-state index contributed by atoms with van der Waals surface area (Å²) in [6.45, 7) is -3.13. The molecule has 0 spiro atoms. The predicted molar refractivity (Wildman–Crippen MR) is 59.8 cm³/mol. The van der Waals surface area contributed by atoms with Gasteiger partial charge < -0.3 is 4.74 Å². The molecular weight excluding hydrogens is 376 g/mol. The quantitative estimate of drug-likeness (QED) is 0.875. The molecule has 4 nitrogen and oxygen atoms in total. The average molecular weight is 381 g/mol. The van der Waals surface area contributed by atoms with Crippen LogP contribution in [0.2, 0.25) is 0 Å². The van der Waals surface area contributed by atoms with Crippen molar-refractivity contribution in [3.05, 3.63) is 21.1 Å². The summed E-state index contributed by atoms with van der Waals surface area (Å²) < 4.78 is 51.0. The van der Waals surface area contributed by atoms with Crippen molar-refractivity contribution < 1.29 is 21.9 Å². The first-order valence-electron chi connectivity index (χ1n) is 3.69. The van der Waals surface area contributed by atoms with Gasteiger partial charge in [-0.05, 0) is 44.0 Å². The van der Waals surface area contributed by atoms with Gasteiger partial charge in [-0.25, -0.2) is 13.6 Å². The van der Waals surface area contributed by atoms with Gasteiger partial charge in [-0.15, -0.1) is 0 Å². The summed E-state index contributed by atoms with van der Waals surface area (Å²) in [4.78, 5) is -0.526. The van der Waals surface area contributed by atoms with Crippen LogP contribution in [0.25, 0.3) is 0 Å². The Balaban J connectivity index is 3.46. The third kappa shape index (κ3) is 3.12. The summed E-state index contributed by atoms with van der Waals surface area (Å²) >= 11 is 5.95. The van der Waals surface area contributed by atoms with Crippen LogP contribution in [0.4, 0.5) is 8.78 Å². The normalized spacial score (nSPS) is 11.9. The van der Waals surface area contributed by atoms with Crippen LogP contribution in [0, 0.1) is 0 Å². The highest BCUT2D eigenvalue weighted by Gasteiger charge is 2.23. The Labute approximate surface area is 107 Å². The van der Waals surface area contributed by atoms with Crippen molar-refractivity contribution in [3.8, 4) is 5.75 Å². The summed E-state index contributed by atoms with van der Waals surface area (Å²) in [5.74, 6) is -0.507. The van der Waals surface area contributed by atoms with Crippen molar-refractivity contribution in [1.29, 1.82) is 0 Å². The zero-order valence-corrected chi connectivity index (χ0v) is 11.4. The lowest BCUT2D eigenvalue weighted by atomic mass is 10.3. The molecule has 0 aromatic heterocycles. The number of nitrogens with two attached hydrogens (primary N) is 1. The molecule has 9 heteroatoms. The van der Waals surface area contributed by atoms with E-state index in [0.29, 0.717) is 4.47 Å². The van der Waals surface area contributed by atoms with Crippen molar-refractivity contribution >= 4 is 41.9 Å². The molecule has 2 N–H and O–H groups in total. The summed E-state index contributed by atoms with van der Waals surface area (Å²) in [6.07, 6.45) is 0. The molecule has 1 rings (SSSR count). The van der Waals surface area contributed by atoms with Gasteiger partial charge in [0.25, 0.3) is 0 Å². The van der Waals surface area contributed by atoms with Gasteiger partial charge in [0.15, 0.2) is 0 Å². The third-order valence-electron chi connectivity index (χ3n) is 1.51. The molecule has 0 aliphatic heterocycles. The fourth-order valence-electron chi connectivity index (χ4n) is 0.968. The highest BCUT2D eigenvalue weighted by Crippen LogP contribution is 2.36. The van der Waals surface area contributed by atoms with Crippen molar-refractivity contribution in [2.24, 2.45) is 5.14 Å². The number of hydrogen-bond acceptors (Lipinski definition) is 3. The lowest BCUT2D eigenvalue weighted by molar-refractivity contribution is -0.0518. The minimum atomic E-state index is -4.17. The Hall–Kier alpha value is -0.250. The molecule has 0 amide bonds. The Morgan fingerprint density at radius 3 is 2.31 bits per heavy atom. The van der Waals surface area contributed by atoms with Gasteiger partial charge in [0.2, 0.25) is 10.0 Å². The van der Waals surface area contributed by atoms with E-state index in [2.05, 4.69) is 36.6 Å². The maximum atomic E-state index is 12.0. The molecule has 0 saturated heterocycles. The number of hydrogen-bond donors (Lipinski definition) is 1. The molecule has 1 aromatic carbocycles. The van der Waals surface area contributed by atoms with Crippen LogP contribution in [0.15, 0.2) is 26.0 Å². The van der Waals surface area contributed by atoms with E-state index in [1.165, 1.54) is 6.07 Å². The molecule has 16 heavy (non-hydrogen) atoms. The van der Waals surface area contributed by atoms with E-state index in [4.69, 9.17) is 5.14 Å². The number of primary sulfonamides is 1. The van der Waals surface area contributed by atoms with Crippen LogP contribution in [0.3, 0.4) is 0 Å². The first-order valence-corrected chi connectivity index (χ1v) is 6.82. The van der Waals surface area contributed by atoms with Gasteiger partial charge in [-0.1, -0.05) is 0 Å². The zero-order valence-electron chi connectivity index (χ0n) is 7.45. The number of alkyl halides is 2. The van der Waals surface area contributed by atoms with E-state index in [9.17, 15) is 17.2 Å². The summed E-state index contributed by atoms with van der Waals surface area (Å²) in [7, 11) is -4.17. The summed E-state index contributed by atoms with van der Waals surface area (Å²) in [6, 6.07) is 2.44. The third-order valence-corrected chi connectivity index (χ3v) is 4.77. The lowest BCUT2D eigenvalue weighted by Gasteiger charge is -2.11. The van der Waals surface area contributed by atoms with E-state index in [1.54, 1.807) is 0 Å². The molecule has 0 radical (unpaired) electrons. The average Bonchev–Trinajstić information content (AvgIpc) is 2.08. The Morgan fingerprint density at radius 2 is 1.88 bits per heavy atom. The maximum absolute atomic E-state index is 12.0. The molecule has 0 aliphatic carbocycles. The Morgan fingerprint density at radius 1 is 1.31 bits per heavy atom.